The summed E-state index contributed by atoms with van der Waals surface area (Å²) in [5.74, 6) is 0.0323. The van der Waals surface area contributed by atoms with Crippen molar-refractivity contribution >= 4 is 11.8 Å². The van der Waals surface area contributed by atoms with E-state index in [-0.39, 0.29) is 23.3 Å². The summed E-state index contributed by atoms with van der Waals surface area (Å²) in [4.78, 5) is 27.3. The first-order valence-electron chi connectivity index (χ1n) is 7.73. The first kappa shape index (κ1) is 17.0. The molecule has 3 atom stereocenters. The Kier molecular flexibility index (Phi) is 4.88. The third-order valence-corrected chi connectivity index (χ3v) is 4.48. The second kappa shape index (κ2) is 5.74. The van der Waals surface area contributed by atoms with Crippen LogP contribution in [0.4, 0.5) is 0 Å². The van der Waals surface area contributed by atoms with Gasteiger partial charge in [-0.05, 0) is 32.1 Å². The molecule has 116 valence electrons. The van der Waals surface area contributed by atoms with Gasteiger partial charge in [0, 0.05) is 6.04 Å². The quantitative estimate of drug-likeness (QED) is 0.862. The van der Waals surface area contributed by atoms with Crippen LogP contribution < -0.4 is 5.32 Å². The van der Waals surface area contributed by atoms with E-state index in [0.29, 0.717) is 6.42 Å². The van der Waals surface area contributed by atoms with E-state index in [9.17, 15) is 9.59 Å². The summed E-state index contributed by atoms with van der Waals surface area (Å²) < 4.78 is 0. The van der Waals surface area contributed by atoms with E-state index in [0.717, 1.165) is 12.8 Å². The standard InChI is InChI=1S/C16H30N2O2/c1-8-10-11(3)18-13(19)12(15(4,5)6)17-14(20)16(18,7)9-2/h11-12H,8-10H2,1-7H3,(H,17,20). The number of nitrogens with zero attached hydrogens (tertiary/aromatic N) is 1. The van der Waals surface area contributed by atoms with Gasteiger partial charge in [-0.1, -0.05) is 41.0 Å². The Bertz CT molecular complexity index is 386. The van der Waals surface area contributed by atoms with Crippen LogP contribution in [-0.4, -0.2) is 34.3 Å². The van der Waals surface area contributed by atoms with Crippen LogP contribution in [-0.2, 0) is 9.59 Å². The first-order chi connectivity index (χ1) is 9.09. The van der Waals surface area contributed by atoms with Gasteiger partial charge in [-0.3, -0.25) is 9.59 Å². The smallest absolute Gasteiger partial charge is 0.246 e. The van der Waals surface area contributed by atoms with Crippen LogP contribution in [0.5, 0.6) is 0 Å². The van der Waals surface area contributed by atoms with Gasteiger partial charge in [-0.25, -0.2) is 0 Å². The number of carbonyl (C=O) groups excluding carboxylic acids is 2. The van der Waals surface area contributed by atoms with Crippen molar-refractivity contribution < 1.29 is 9.59 Å². The molecule has 0 saturated carbocycles. The molecule has 1 saturated heterocycles. The van der Waals surface area contributed by atoms with Crippen LogP contribution in [0.25, 0.3) is 0 Å². The molecule has 1 heterocycles. The van der Waals surface area contributed by atoms with Gasteiger partial charge in [0.1, 0.15) is 11.6 Å². The summed E-state index contributed by atoms with van der Waals surface area (Å²) in [6, 6.07) is -0.345. The fourth-order valence-electron chi connectivity index (χ4n) is 3.01. The number of hydrogen-bond donors (Lipinski definition) is 1. The molecule has 0 radical (unpaired) electrons. The number of carbonyl (C=O) groups is 2. The van der Waals surface area contributed by atoms with Crippen LogP contribution in [0.2, 0.25) is 0 Å². The zero-order valence-electron chi connectivity index (χ0n) is 14.0. The molecular weight excluding hydrogens is 252 g/mol. The van der Waals surface area contributed by atoms with Crippen molar-refractivity contribution in [2.75, 3.05) is 0 Å². The molecule has 20 heavy (non-hydrogen) atoms. The van der Waals surface area contributed by atoms with Gasteiger partial charge in [0.15, 0.2) is 0 Å². The van der Waals surface area contributed by atoms with Gasteiger partial charge in [-0.15, -0.1) is 0 Å². The molecule has 4 heteroatoms. The molecule has 1 N–H and O–H groups in total. The van der Waals surface area contributed by atoms with Crippen LogP contribution in [0, 0.1) is 5.41 Å². The Hall–Kier alpha value is -1.06. The van der Waals surface area contributed by atoms with Crippen LogP contribution in [0.1, 0.15) is 67.7 Å². The third-order valence-electron chi connectivity index (χ3n) is 4.48. The average Bonchev–Trinajstić information content (AvgIpc) is 2.32. The Morgan fingerprint density at radius 2 is 1.85 bits per heavy atom. The molecule has 0 aromatic heterocycles. The molecule has 0 aliphatic carbocycles. The molecule has 4 nitrogen and oxygen atoms in total. The van der Waals surface area contributed by atoms with Crippen LogP contribution in [0.15, 0.2) is 0 Å². The predicted molar refractivity (Wildman–Crippen MR) is 81.3 cm³/mol. The lowest BCUT2D eigenvalue weighted by Crippen LogP contribution is -2.73. The molecular formula is C16H30N2O2. The minimum Gasteiger partial charge on any atom is -0.342 e. The highest BCUT2D eigenvalue weighted by Crippen LogP contribution is 2.33. The molecule has 1 fully saturated rings. The highest BCUT2D eigenvalue weighted by Gasteiger charge is 2.52. The van der Waals surface area contributed by atoms with Gasteiger partial charge in [0.25, 0.3) is 0 Å². The molecule has 0 aromatic rings. The zero-order chi connectivity index (χ0) is 15.7. The molecule has 3 unspecified atom stereocenters. The van der Waals surface area contributed by atoms with Gasteiger partial charge < -0.3 is 10.2 Å². The third kappa shape index (κ3) is 2.84. The number of nitrogens with one attached hydrogen (secondary N) is 1. The summed E-state index contributed by atoms with van der Waals surface area (Å²) in [6.07, 6.45) is 2.56. The minimum atomic E-state index is -0.729. The maximum Gasteiger partial charge on any atom is 0.246 e. The lowest BCUT2D eigenvalue weighted by molar-refractivity contribution is -0.163. The second-order valence-corrected chi connectivity index (χ2v) is 7.25. The topological polar surface area (TPSA) is 49.4 Å². The van der Waals surface area contributed by atoms with Crippen molar-refractivity contribution in [1.82, 2.24) is 10.2 Å². The maximum atomic E-state index is 12.9. The maximum absolute atomic E-state index is 12.9. The van der Waals surface area contributed by atoms with Gasteiger partial charge in [0.2, 0.25) is 11.8 Å². The Morgan fingerprint density at radius 3 is 2.25 bits per heavy atom. The van der Waals surface area contributed by atoms with E-state index in [1.807, 2.05) is 46.4 Å². The second-order valence-electron chi connectivity index (χ2n) is 7.25. The number of amides is 2. The molecule has 2 amide bonds. The summed E-state index contributed by atoms with van der Waals surface area (Å²) in [5, 5.41) is 2.94. The SMILES string of the molecule is CCCC(C)N1C(=O)C(C(C)(C)C)NC(=O)C1(C)CC. The molecule has 1 aliphatic rings. The van der Waals surface area contributed by atoms with E-state index in [1.54, 1.807) is 0 Å². The van der Waals surface area contributed by atoms with Crippen molar-refractivity contribution in [3.63, 3.8) is 0 Å². The van der Waals surface area contributed by atoms with E-state index >= 15 is 0 Å². The van der Waals surface area contributed by atoms with Gasteiger partial charge in [0.05, 0.1) is 0 Å². The Morgan fingerprint density at radius 1 is 1.30 bits per heavy atom. The summed E-state index contributed by atoms with van der Waals surface area (Å²) >= 11 is 0. The van der Waals surface area contributed by atoms with Gasteiger partial charge in [-0.2, -0.15) is 0 Å². The molecule has 0 bridgehead atoms. The van der Waals surface area contributed by atoms with Crippen molar-refractivity contribution in [1.29, 1.82) is 0 Å². The van der Waals surface area contributed by atoms with Crippen molar-refractivity contribution in [2.45, 2.75) is 85.4 Å². The molecule has 1 aliphatic heterocycles. The van der Waals surface area contributed by atoms with Gasteiger partial charge >= 0.3 is 0 Å². The van der Waals surface area contributed by atoms with Crippen LogP contribution in [0.3, 0.4) is 0 Å². The molecule has 1 rings (SSSR count). The molecule has 0 aromatic carbocycles. The van der Waals surface area contributed by atoms with E-state index in [1.165, 1.54) is 0 Å². The number of rotatable bonds is 4. The van der Waals surface area contributed by atoms with E-state index in [4.69, 9.17) is 0 Å². The Labute approximate surface area is 123 Å². The predicted octanol–water partition coefficient (Wildman–Crippen LogP) is 2.72. The fourth-order valence-corrected chi connectivity index (χ4v) is 3.01. The minimum absolute atomic E-state index is 0.0255. The summed E-state index contributed by atoms with van der Waals surface area (Å²) in [5.41, 5.74) is -1.00. The van der Waals surface area contributed by atoms with E-state index in [2.05, 4.69) is 12.2 Å². The zero-order valence-corrected chi connectivity index (χ0v) is 14.0. The highest BCUT2D eigenvalue weighted by atomic mass is 16.2. The fraction of sp³-hybridized carbons (Fsp3) is 0.875. The monoisotopic (exact) mass is 282 g/mol. The molecule has 0 spiro atoms. The van der Waals surface area contributed by atoms with Crippen molar-refractivity contribution in [3.05, 3.63) is 0 Å². The number of piperazine rings is 1. The normalized spacial score (nSPS) is 29.4. The Balaban J connectivity index is 3.22. The van der Waals surface area contributed by atoms with Crippen LogP contribution >= 0.6 is 0 Å². The van der Waals surface area contributed by atoms with Crippen molar-refractivity contribution in [2.24, 2.45) is 5.41 Å². The lowest BCUT2D eigenvalue weighted by Gasteiger charge is -2.51. The first-order valence-corrected chi connectivity index (χ1v) is 7.73. The number of hydrogen-bond acceptors (Lipinski definition) is 2. The summed E-state index contributed by atoms with van der Waals surface area (Å²) in [6.45, 7) is 14.0. The largest absolute Gasteiger partial charge is 0.342 e. The highest BCUT2D eigenvalue weighted by molar-refractivity contribution is 6.00. The van der Waals surface area contributed by atoms with Crippen molar-refractivity contribution in [3.8, 4) is 0 Å². The average molecular weight is 282 g/mol. The van der Waals surface area contributed by atoms with E-state index < -0.39 is 11.6 Å². The summed E-state index contributed by atoms with van der Waals surface area (Å²) in [7, 11) is 0. The lowest BCUT2D eigenvalue weighted by atomic mass is 9.79.